The second-order valence-corrected chi connectivity index (χ2v) is 3.17. The van der Waals surface area contributed by atoms with Crippen molar-refractivity contribution in [2.45, 2.75) is 13.2 Å². The number of nitrogens with one attached hydrogen (secondary N) is 1. The first kappa shape index (κ1) is 11.4. The number of amides is 1. The fourth-order valence-electron chi connectivity index (χ4n) is 1.31. The van der Waals surface area contributed by atoms with Gasteiger partial charge >= 0.3 is 12.4 Å². The number of rotatable bonds is 2. The van der Waals surface area contributed by atoms with Gasteiger partial charge in [-0.05, 0) is 19.1 Å². The Bertz CT molecular complexity index is 450. The van der Waals surface area contributed by atoms with E-state index < -0.39 is 12.4 Å². The van der Waals surface area contributed by atoms with Crippen molar-refractivity contribution in [2.75, 3.05) is 11.9 Å². The summed E-state index contributed by atoms with van der Waals surface area (Å²) in [5, 5.41) is 2.36. The maximum absolute atomic E-state index is 12.7. The molecule has 0 unspecified atom stereocenters. The van der Waals surface area contributed by atoms with E-state index in [1.54, 1.807) is 6.92 Å². The summed E-state index contributed by atoms with van der Waals surface area (Å²) in [6.07, 6.45) is -4.33. The number of halogens is 2. The fraction of sp³-hybridized carbons (Fsp3) is 0.300. The molecular formula is C10H9F2NO4. The van der Waals surface area contributed by atoms with Gasteiger partial charge in [0, 0.05) is 11.8 Å². The summed E-state index contributed by atoms with van der Waals surface area (Å²) in [6, 6.07) is 3.91. The summed E-state index contributed by atoms with van der Waals surface area (Å²) in [5.41, 5.74) is 0.281. The number of fused-ring (bicyclic) bond motifs is 1. The Balaban J connectivity index is 2.11. The predicted octanol–water partition coefficient (Wildman–Crippen LogP) is 2.58. The van der Waals surface area contributed by atoms with E-state index in [1.165, 1.54) is 18.2 Å². The number of hydrogen-bond acceptors (Lipinski definition) is 4. The Kier molecular flexibility index (Phi) is 2.74. The minimum Gasteiger partial charge on any atom is -0.450 e. The van der Waals surface area contributed by atoms with Crippen LogP contribution in [0.4, 0.5) is 19.3 Å². The summed E-state index contributed by atoms with van der Waals surface area (Å²) >= 11 is 0. The standard InChI is InChI=1S/C10H9F2NO4/c1-2-15-9(14)13-6-3-4-7-8(5-6)17-10(11,12)16-7/h3-5H,2H2,1H3,(H,13,14). The van der Waals surface area contributed by atoms with E-state index in [0.29, 0.717) is 0 Å². The Hall–Kier alpha value is -2.05. The molecule has 1 aliphatic rings. The zero-order valence-corrected chi connectivity index (χ0v) is 8.83. The van der Waals surface area contributed by atoms with Crippen LogP contribution in [0.5, 0.6) is 11.5 Å². The number of benzene rings is 1. The zero-order chi connectivity index (χ0) is 12.5. The average molecular weight is 245 g/mol. The minimum absolute atomic E-state index is 0.0793. The first-order valence-corrected chi connectivity index (χ1v) is 4.84. The van der Waals surface area contributed by atoms with Gasteiger partial charge in [-0.25, -0.2) is 4.79 Å². The van der Waals surface area contributed by atoms with E-state index in [9.17, 15) is 13.6 Å². The van der Waals surface area contributed by atoms with Gasteiger partial charge in [0.15, 0.2) is 11.5 Å². The molecule has 0 bridgehead atoms. The molecule has 7 heteroatoms. The summed E-state index contributed by atoms with van der Waals surface area (Å²) in [4.78, 5) is 11.1. The lowest BCUT2D eigenvalue weighted by Crippen LogP contribution is -2.25. The molecule has 1 aromatic rings. The first-order valence-electron chi connectivity index (χ1n) is 4.84. The molecule has 0 saturated heterocycles. The molecule has 2 rings (SSSR count). The second-order valence-electron chi connectivity index (χ2n) is 3.17. The van der Waals surface area contributed by atoms with Crippen LogP contribution >= 0.6 is 0 Å². The van der Waals surface area contributed by atoms with Gasteiger partial charge in [-0.1, -0.05) is 0 Å². The maximum atomic E-state index is 12.7. The molecular weight excluding hydrogens is 236 g/mol. The number of carbonyl (C=O) groups excluding carboxylic acids is 1. The van der Waals surface area contributed by atoms with E-state index in [0.717, 1.165) is 0 Å². The Morgan fingerprint density at radius 1 is 1.41 bits per heavy atom. The van der Waals surface area contributed by atoms with Crippen LogP contribution in [0.1, 0.15) is 6.92 Å². The average Bonchev–Trinajstić information content (AvgIpc) is 2.51. The van der Waals surface area contributed by atoms with Crippen molar-refractivity contribution in [1.29, 1.82) is 0 Å². The Morgan fingerprint density at radius 3 is 2.82 bits per heavy atom. The third-order valence-electron chi connectivity index (χ3n) is 1.92. The molecule has 1 aromatic carbocycles. The van der Waals surface area contributed by atoms with Crippen LogP contribution in [0.25, 0.3) is 0 Å². The van der Waals surface area contributed by atoms with Gasteiger partial charge in [0.05, 0.1) is 6.61 Å². The number of carbonyl (C=O) groups is 1. The van der Waals surface area contributed by atoms with Crippen molar-refractivity contribution in [2.24, 2.45) is 0 Å². The zero-order valence-electron chi connectivity index (χ0n) is 8.83. The van der Waals surface area contributed by atoms with Crippen molar-refractivity contribution < 1.29 is 27.8 Å². The molecule has 0 fully saturated rings. The molecule has 1 N–H and O–H groups in total. The molecule has 17 heavy (non-hydrogen) atoms. The van der Waals surface area contributed by atoms with Crippen LogP contribution in [0.15, 0.2) is 18.2 Å². The van der Waals surface area contributed by atoms with E-state index in [1.807, 2.05) is 0 Å². The second kappa shape index (κ2) is 4.08. The Labute approximate surface area is 95.3 Å². The fourth-order valence-corrected chi connectivity index (χ4v) is 1.31. The highest BCUT2D eigenvalue weighted by atomic mass is 19.3. The molecule has 0 aromatic heterocycles. The number of anilines is 1. The highest BCUT2D eigenvalue weighted by Crippen LogP contribution is 2.42. The molecule has 0 atom stereocenters. The highest BCUT2D eigenvalue weighted by Gasteiger charge is 2.43. The third-order valence-corrected chi connectivity index (χ3v) is 1.92. The smallest absolute Gasteiger partial charge is 0.450 e. The van der Waals surface area contributed by atoms with Crippen molar-refractivity contribution >= 4 is 11.8 Å². The predicted molar refractivity (Wildman–Crippen MR) is 53.3 cm³/mol. The van der Waals surface area contributed by atoms with Gasteiger partial charge in [0.1, 0.15) is 0 Å². The van der Waals surface area contributed by atoms with Crippen molar-refractivity contribution in [1.82, 2.24) is 0 Å². The van der Waals surface area contributed by atoms with Gasteiger partial charge in [-0.3, -0.25) is 5.32 Å². The lowest BCUT2D eigenvalue weighted by Gasteiger charge is -2.05. The maximum Gasteiger partial charge on any atom is 0.586 e. The molecule has 5 nitrogen and oxygen atoms in total. The van der Waals surface area contributed by atoms with Crippen LogP contribution in [-0.2, 0) is 4.74 Å². The summed E-state index contributed by atoms with van der Waals surface area (Å²) < 4.78 is 38.5. The van der Waals surface area contributed by atoms with E-state index >= 15 is 0 Å². The quantitative estimate of drug-likeness (QED) is 0.869. The number of alkyl halides is 2. The molecule has 1 amide bonds. The topological polar surface area (TPSA) is 56.8 Å². The van der Waals surface area contributed by atoms with Gasteiger partial charge in [0.25, 0.3) is 0 Å². The van der Waals surface area contributed by atoms with Crippen molar-refractivity contribution in [3.05, 3.63) is 18.2 Å². The highest BCUT2D eigenvalue weighted by molar-refractivity contribution is 5.85. The van der Waals surface area contributed by atoms with Gasteiger partial charge in [-0.2, -0.15) is 0 Å². The molecule has 0 aliphatic carbocycles. The minimum atomic E-state index is -3.66. The molecule has 0 radical (unpaired) electrons. The first-order chi connectivity index (χ1) is 8.00. The van der Waals surface area contributed by atoms with Gasteiger partial charge in [0.2, 0.25) is 0 Å². The SMILES string of the molecule is CCOC(=O)Nc1ccc2c(c1)OC(F)(F)O2. The molecule has 92 valence electrons. The van der Waals surface area contributed by atoms with Crippen LogP contribution in [-0.4, -0.2) is 19.0 Å². The number of ether oxygens (including phenoxy) is 3. The largest absolute Gasteiger partial charge is 0.586 e. The van der Waals surface area contributed by atoms with Crippen LogP contribution in [0.2, 0.25) is 0 Å². The Morgan fingerprint density at radius 2 is 2.12 bits per heavy atom. The van der Waals surface area contributed by atoms with Crippen LogP contribution in [0, 0.1) is 0 Å². The molecule has 0 saturated carbocycles. The van der Waals surface area contributed by atoms with E-state index in [2.05, 4.69) is 19.5 Å². The van der Waals surface area contributed by atoms with E-state index in [-0.39, 0.29) is 23.8 Å². The molecule has 1 heterocycles. The molecule has 1 aliphatic heterocycles. The lowest BCUT2D eigenvalue weighted by atomic mass is 10.3. The van der Waals surface area contributed by atoms with E-state index in [4.69, 9.17) is 0 Å². The monoisotopic (exact) mass is 245 g/mol. The summed E-state index contributed by atoms with van der Waals surface area (Å²) in [7, 11) is 0. The van der Waals surface area contributed by atoms with Gasteiger partial charge < -0.3 is 14.2 Å². The lowest BCUT2D eigenvalue weighted by molar-refractivity contribution is -0.286. The summed E-state index contributed by atoms with van der Waals surface area (Å²) in [6.45, 7) is 1.87. The third kappa shape index (κ3) is 2.55. The van der Waals surface area contributed by atoms with Crippen molar-refractivity contribution in [3.63, 3.8) is 0 Å². The van der Waals surface area contributed by atoms with Crippen molar-refractivity contribution in [3.8, 4) is 11.5 Å². The summed E-state index contributed by atoms with van der Waals surface area (Å²) in [5.74, 6) is -0.214. The van der Waals surface area contributed by atoms with Crippen LogP contribution < -0.4 is 14.8 Å². The van der Waals surface area contributed by atoms with Crippen LogP contribution in [0.3, 0.4) is 0 Å². The van der Waals surface area contributed by atoms with Gasteiger partial charge in [-0.15, -0.1) is 8.78 Å². The normalized spacial score (nSPS) is 15.5. The number of hydrogen-bond donors (Lipinski definition) is 1. The molecule has 0 spiro atoms.